The standard InChI is InChI=1S/C22H31N5O2/c1-5-17-18(8-7-13-29-22(3)10-11-22)25-26-21(17)19(24-6-2)14-20(23)27-12-9-16(15-27)28-4/h5-8,14,16,23-24H,1-2,9-13,15H2,3-4H3,(H,25,26)/b8-7-,19-14?,23-20?/t16-/m1/s1. The maximum absolute atomic E-state index is 8.47. The predicted octanol–water partition coefficient (Wildman–Crippen LogP) is 3.41. The van der Waals surface area contributed by atoms with Crippen LogP contribution in [0.2, 0.25) is 0 Å². The molecule has 0 spiro atoms. The SMILES string of the molecule is C=CNC(=CC(=N)N1CC[C@@H](OC)C1)c1n[nH]c(/C=C\COC2(C)CC2)c1C=C. The first kappa shape index (κ1) is 21.1. The highest BCUT2D eigenvalue weighted by atomic mass is 16.5. The Bertz CT molecular complexity index is 819. The third-order valence-electron chi connectivity index (χ3n) is 5.42. The van der Waals surface area contributed by atoms with Gasteiger partial charge in [-0.1, -0.05) is 25.3 Å². The van der Waals surface area contributed by atoms with Gasteiger partial charge in [0.25, 0.3) is 0 Å². The molecular weight excluding hydrogens is 366 g/mol. The van der Waals surface area contributed by atoms with Crippen molar-refractivity contribution in [2.75, 3.05) is 26.8 Å². The van der Waals surface area contributed by atoms with Crippen LogP contribution in [-0.2, 0) is 9.47 Å². The molecule has 1 aromatic rings. The Balaban J connectivity index is 1.75. The number of aromatic nitrogens is 2. The molecule has 0 aromatic carbocycles. The molecule has 0 radical (unpaired) electrons. The molecule has 2 heterocycles. The van der Waals surface area contributed by atoms with Gasteiger partial charge in [-0.15, -0.1) is 0 Å². The molecule has 7 nitrogen and oxygen atoms in total. The molecule has 0 amide bonds. The molecule has 7 heteroatoms. The van der Waals surface area contributed by atoms with E-state index in [4.69, 9.17) is 14.9 Å². The summed E-state index contributed by atoms with van der Waals surface area (Å²) in [5.74, 6) is 0.412. The second-order valence-corrected chi connectivity index (χ2v) is 7.65. The Kier molecular flexibility index (Phi) is 6.71. The summed E-state index contributed by atoms with van der Waals surface area (Å²) in [6.45, 7) is 11.9. The van der Waals surface area contributed by atoms with Crippen molar-refractivity contribution in [3.8, 4) is 0 Å². The van der Waals surface area contributed by atoms with E-state index in [0.29, 0.717) is 23.8 Å². The summed E-state index contributed by atoms with van der Waals surface area (Å²) in [6, 6.07) is 0. The Labute approximate surface area is 172 Å². The zero-order chi connectivity index (χ0) is 20.9. The smallest absolute Gasteiger partial charge is 0.122 e. The monoisotopic (exact) mass is 397 g/mol. The molecular formula is C22H31N5O2. The molecule has 1 aliphatic carbocycles. The molecule has 3 rings (SSSR count). The number of nitrogens with zero attached hydrogens (tertiary/aromatic N) is 2. The summed E-state index contributed by atoms with van der Waals surface area (Å²) in [5.41, 5.74) is 3.17. The minimum Gasteiger partial charge on any atom is -0.380 e. The van der Waals surface area contributed by atoms with Crippen LogP contribution in [0.4, 0.5) is 0 Å². The largest absolute Gasteiger partial charge is 0.380 e. The minimum atomic E-state index is 0.0618. The molecule has 156 valence electrons. The van der Waals surface area contributed by atoms with Crippen molar-refractivity contribution in [2.24, 2.45) is 0 Å². The number of hydrogen-bond acceptors (Lipinski definition) is 5. The Hall–Kier alpha value is -2.64. The molecule has 2 aliphatic rings. The zero-order valence-electron chi connectivity index (χ0n) is 17.3. The van der Waals surface area contributed by atoms with Gasteiger partial charge in [-0.05, 0) is 38.5 Å². The van der Waals surface area contributed by atoms with Crippen LogP contribution in [0.5, 0.6) is 0 Å². The lowest BCUT2D eigenvalue weighted by Gasteiger charge is -2.17. The average molecular weight is 398 g/mol. The van der Waals surface area contributed by atoms with Crippen LogP contribution < -0.4 is 5.32 Å². The lowest BCUT2D eigenvalue weighted by molar-refractivity contribution is 0.0682. The number of methoxy groups -OCH3 is 1. The first-order valence-electron chi connectivity index (χ1n) is 9.97. The number of H-pyrrole nitrogens is 1. The van der Waals surface area contributed by atoms with Gasteiger partial charge in [0.2, 0.25) is 0 Å². The summed E-state index contributed by atoms with van der Waals surface area (Å²) in [4.78, 5) is 2.00. The Morgan fingerprint density at radius 3 is 2.86 bits per heavy atom. The van der Waals surface area contributed by atoms with Crippen molar-refractivity contribution in [2.45, 2.75) is 37.9 Å². The number of nitrogens with one attached hydrogen (secondary N) is 3. The number of ether oxygens (including phenoxy) is 2. The Morgan fingerprint density at radius 2 is 2.24 bits per heavy atom. The van der Waals surface area contributed by atoms with Gasteiger partial charge < -0.3 is 19.7 Å². The van der Waals surface area contributed by atoms with Gasteiger partial charge in [0.15, 0.2) is 0 Å². The maximum Gasteiger partial charge on any atom is 0.122 e. The summed E-state index contributed by atoms with van der Waals surface area (Å²) < 4.78 is 11.2. The quantitative estimate of drug-likeness (QED) is 0.416. The maximum atomic E-state index is 8.47. The number of rotatable bonds is 10. The van der Waals surface area contributed by atoms with Crippen LogP contribution in [0.15, 0.2) is 31.5 Å². The van der Waals surface area contributed by atoms with Crippen LogP contribution in [0.25, 0.3) is 17.8 Å². The summed E-state index contributed by atoms with van der Waals surface area (Å²) in [5, 5.41) is 19.1. The van der Waals surface area contributed by atoms with Crippen molar-refractivity contribution in [1.82, 2.24) is 20.4 Å². The highest BCUT2D eigenvalue weighted by molar-refractivity contribution is 5.97. The van der Waals surface area contributed by atoms with Crippen molar-refractivity contribution < 1.29 is 9.47 Å². The van der Waals surface area contributed by atoms with E-state index in [0.717, 1.165) is 43.6 Å². The molecule has 3 N–H and O–H groups in total. The summed E-state index contributed by atoms with van der Waals surface area (Å²) in [6.07, 6.45) is 12.4. The summed E-state index contributed by atoms with van der Waals surface area (Å²) >= 11 is 0. The molecule has 1 aliphatic heterocycles. The van der Waals surface area contributed by atoms with Gasteiger partial charge in [-0.3, -0.25) is 10.5 Å². The fourth-order valence-corrected chi connectivity index (χ4v) is 3.29. The fraction of sp³-hybridized carbons (Fsp3) is 0.455. The van der Waals surface area contributed by atoms with Crippen LogP contribution in [-0.4, -0.2) is 59.4 Å². The fourth-order valence-electron chi connectivity index (χ4n) is 3.29. The van der Waals surface area contributed by atoms with E-state index in [1.54, 1.807) is 25.5 Å². The van der Waals surface area contributed by atoms with E-state index < -0.39 is 0 Å². The molecule has 0 unspecified atom stereocenters. The number of aromatic amines is 1. The van der Waals surface area contributed by atoms with Crippen molar-refractivity contribution >= 4 is 23.7 Å². The van der Waals surface area contributed by atoms with Crippen LogP contribution in [0, 0.1) is 5.41 Å². The number of hydrogen-bond donors (Lipinski definition) is 3. The topological polar surface area (TPSA) is 86.3 Å². The van der Waals surface area contributed by atoms with E-state index in [1.807, 2.05) is 17.1 Å². The van der Waals surface area contributed by atoms with Crippen molar-refractivity contribution in [3.05, 3.63) is 48.5 Å². The van der Waals surface area contributed by atoms with Crippen LogP contribution in [0.1, 0.15) is 43.1 Å². The predicted molar refractivity (Wildman–Crippen MR) is 117 cm³/mol. The average Bonchev–Trinajstić information content (AvgIpc) is 3.13. The van der Waals surface area contributed by atoms with Crippen molar-refractivity contribution in [1.29, 1.82) is 5.41 Å². The Morgan fingerprint density at radius 1 is 1.45 bits per heavy atom. The molecule has 0 bridgehead atoms. The number of likely N-dealkylation sites (tertiary alicyclic amines) is 1. The highest BCUT2D eigenvalue weighted by Crippen LogP contribution is 2.38. The van der Waals surface area contributed by atoms with E-state index in [2.05, 4.69) is 35.6 Å². The number of amidine groups is 1. The third-order valence-corrected chi connectivity index (χ3v) is 5.42. The van der Waals surface area contributed by atoms with Crippen molar-refractivity contribution in [3.63, 3.8) is 0 Å². The lowest BCUT2D eigenvalue weighted by Crippen LogP contribution is -2.28. The zero-order valence-corrected chi connectivity index (χ0v) is 17.3. The molecule has 1 saturated heterocycles. The lowest BCUT2D eigenvalue weighted by atomic mass is 10.1. The van der Waals surface area contributed by atoms with Gasteiger partial charge in [0, 0.05) is 31.8 Å². The molecule has 2 fully saturated rings. The molecule has 1 saturated carbocycles. The highest BCUT2D eigenvalue weighted by Gasteiger charge is 2.38. The van der Waals surface area contributed by atoms with Gasteiger partial charge in [0.1, 0.15) is 11.5 Å². The van der Waals surface area contributed by atoms with Gasteiger partial charge in [-0.2, -0.15) is 5.10 Å². The van der Waals surface area contributed by atoms with E-state index in [1.165, 1.54) is 0 Å². The van der Waals surface area contributed by atoms with E-state index >= 15 is 0 Å². The first-order valence-corrected chi connectivity index (χ1v) is 9.97. The van der Waals surface area contributed by atoms with E-state index in [9.17, 15) is 0 Å². The van der Waals surface area contributed by atoms with Crippen LogP contribution in [0.3, 0.4) is 0 Å². The minimum absolute atomic E-state index is 0.0618. The molecule has 1 aromatic heterocycles. The summed E-state index contributed by atoms with van der Waals surface area (Å²) in [7, 11) is 1.71. The first-order chi connectivity index (χ1) is 14.0. The van der Waals surface area contributed by atoms with Crippen LogP contribution >= 0.6 is 0 Å². The van der Waals surface area contributed by atoms with E-state index in [-0.39, 0.29) is 11.7 Å². The normalized spacial score (nSPS) is 20.8. The molecule has 1 atom stereocenters. The van der Waals surface area contributed by atoms with Gasteiger partial charge >= 0.3 is 0 Å². The van der Waals surface area contributed by atoms with Gasteiger partial charge in [-0.25, -0.2) is 0 Å². The second kappa shape index (κ2) is 9.24. The third kappa shape index (κ3) is 5.25. The second-order valence-electron chi connectivity index (χ2n) is 7.65. The van der Waals surface area contributed by atoms with Gasteiger partial charge in [0.05, 0.1) is 29.7 Å². The molecule has 29 heavy (non-hydrogen) atoms.